The van der Waals surface area contributed by atoms with Crippen LogP contribution in [0.4, 0.5) is 11.4 Å². The Hall–Kier alpha value is -3.39. The number of hydrogen-bond donors (Lipinski definition) is 0. The number of pyridine rings is 1. The van der Waals surface area contributed by atoms with Crippen LogP contribution in [0.1, 0.15) is 17.3 Å². The smallest absolute Gasteiger partial charge is 0.101 e. The molecule has 2 nitrogen and oxygen atoms in total. The van der Waals surface area contributed by atoms with Crippen molar-refractivity contribution in [2.75, 3.05) is 4.90 Å². The Morgan fingerprint density at radius 1 is 0.538 bits per heavy atom. The lowest BCUT2D eigenvalue weighted by Crippen LogP contribution is -2.25. The van der Waals surface area contributed by atoms with E-state index in [1.54, 1.807) is 0 Å². The number of para-hydroxylation sites is 2. The van der Waals surface area contributed by atoms with E-state index in [1.165, 1.54) is 5.56 Å². The summed E-state index contributed by atoms with van der Waals surface area (Å²) in [5.74, 6) is 0. The van der Waals surface area contributed by atoms with E-state index in [2.05, 4.69) is 88.7 Å². The van der Waals surface area contributed by atoms with Gasteiger partial charge in [0.05, 0.1) is 5.69 Å². The van der Waals surface area contributed by atoms with Gasteiger partial charge in [0.1, 0.15) is 6.04 Å². The summed E-state index contributed by atoms with van der Waals surface area (Å²) in [5, 5.41) is 0. The zero-order valence-corrected chi connectivity index (χ0v) is 14.4. The third-order valence-corrected chi connectivity index (χ3v) is 4.41. The molecule has 4 aromatic rings. The molecular formula is C24H20N2. The fourth-order valence-electron chi connectivity index (χ4n) is 3.25. The van der Waals surface area contributed by atoms with Crippen LogP contribution in [0.15, 0.2) is 115 Å². The number of hydrogen-bond acceptors (Lipinski definition) is 2. The molecule has 4 rings (SSSR count). The van der Waals surface area contributed by atoms with Gasteiger partial charge >= 0.3 is 0 Å². The molecule has 0 fully saturated rings. The maximum absolute atomic E-state index is 4.69. The minimum atomic E-state index is -0.0119. The second kappa shape index (κ2) is 7.66. The first-order valence-electron chi connectivity index (χ1n) is 8.79. The standard InChI is InChI=1S/C24H20N2/c1-4-12-20(13-5-1)24(23-18-10-11-19-25-23)26(21-14-6-2-7-15-21)22-16-8-3-9-17-22/h1-19,24H. The van der Waals surface area contributed by atoms with Crippen molar-refractivity contribution in [2.24, 2.45) is 0 Å². The molecule has 2 heteroatoms. The number of rotatable bonds is 5. The Morgan fingerprint density at radius 2 is 1.04 bits per heavy atom. The van der Waals surface area contributed by atoms with E-state index in [0.29, 0.717) is 0 Å². The van der Waals surface area contributed by atoms with E-state index in [-0.39, 0.29) is 6.04 Å². The van der Waals surface area contributed by atoms with Gasteiger partial charge in [-0.2, -0.15) is 0 Å². The van der Waals surface area contributed by atoms with Crippen LogP contribution in [-0.2, 0) is 0 Å². The molecule has 26 heavy (non-hydrogen) atoms. The predicted octanol–water partition coefficient (Wildman–Crippen LogP) is 6.01. The highest BCUT2D eigenvalue weighted by Gasteiger charge is 2.25. The van der Waals surface area contributed by atoms with E-state index in [1.807, 2.05) is 36.5 Å². The molecule has 0 aliphatic carbocycles. The van der Waals surface area contributed by atoms with Gasteiger partial charge in [0, 0.05) is 17.6 Å². The van der Waals surface area contributed by atoms with Gasteiger partial charge in [-0.1, -0.05) is 72.8 Å². The van der Waals surface area contributed by atoms with E-state index in [9.17, 15) is 0 Å². The SMILES string of the molecule is c1ccc(C(c2ccccn2)N(c2ccccc2)c2ccccc2)cc1. The summed E-state index contributed by atoms with van der Waals surface area (Å²) >= 11 is 0. The highest BCUT2D eigenvalue weighted by atomic mass is 15.2. The van der Waals surface area contributed by atoms with Crippen molar-refractivity contribution in [3.63, 3.8) is 0 Å². The quantitative estimate of drug-likeness (QED) is 0.444. The second-order valence-electron chi connectivity index (χ2n) is 6.11. The average Bonchev–Trinajstić information content (AvgIpc) is 2.74. The molecule has 1 heterocycles. The van der Waals surface area contributed by atoms with Crippen LogP contribution in [0, 0.1) is 0 Å². The molecule has 1 unspecified atom stereocenters. The highest BCUT2D eigenvalue weighted by molar-refractivity contribution is 5.66. The summed E-state index contributed by atoms with van der Waals surface area (Å²) in [6.07, 6.45) is 1.86. The Kier molecular flexibility index (Phi) is 4.74. The first kappa shape index (κ1) is 16.1. The van der Waals surface area contributed by atoms with Gasteiger partial charge in [-0.15, -0.1) is 0 Å². The molecule has 0 spiro atoms. The first-order valence-corrected chi connectivity index (χ1v) is 8.79. The lowest BCUT2D eigenvalue weighted by atomic mass is 9.99. The van der Waals surface area contributed by atoms with Crippen LogP contribution in [0.25, 0.3) is 0 Å². The summed E-state index contributed by atoms with van der Waals surface area (Å²) in [4.78, 5) is 7.03. The minimum absolute atomic E-state index is 0.0119. The van der Waals surface area contributed by atoms with Gasteiger partial charge in [-0.25, -0.2) is 0 Å². The van der Waals surface area contributed by atoms with Crippen molar-refractivity contribution in [1.82, 2.24) is 4.98 Å². The largest absolute Gasteiger partial charge is 0.328 e. The van der Waals surface area contributed by atoms with Crippen LogP contribution < -0.4 is 4.90 Å². The van der Waals surface area contributed by atoms with Crippen LogP contribution in [0.2, 0.25) is 0 Å². The monoisotopic (exact) mass is 336 g/mol. The second-order valence-corrected chi connectivity index (χ2v) is 6.11. The van der Waals surface area contributed by atoms with Crippen LogP contribution in [0.3, 0.4) is 0 Å². The van der Waals surface area contributed by atoms with Gasteiger partial charge in [-0.05, 0) is 42.0 Å². The molecule has 1 atom stereocenters. The molecule has 0 aliphatic heterocycles. The fraction of sp³-hybridized carbons (Fsp3) is 0.0417. The summed E-state index contributed by atoms with van der Waals surface area (Å²) in [5.41, 5.74) is 4.50. The maximum Gasteiger partial charge on any atom is 0.101 e. The lowest BCUT2D eigenvalue weighted by molar-refractivity contribution is 0.787. The molecule has 0 N–H and O–H groups in total. The van der Waals surface area contributed by atoms with Crippen molar-refractivity contribution < 1.29 is 0 Å². The minimum Gasteiger partial charge on any atom is -0.328 e. The van der Waals surface area contributed by atoms with Crippen molar-refractivity contribution in [3.05, 3.63) is 127 Å². The molecule has 0 amide bonds. The lowest BCUT2D eigenvalue weighted by Gasteiger charge is -2.34. The first-order chi connectivity index (χ1) is 12.9. The molecule has 0 bridgehead atoms. The third kappa shape index (κ3) is 3.35. The van der Waals surface area contributed by atoms with Crippen LogP contribution in [-0.4, -0.2) is 4.98 Å². The van der Waals surface area contributed by atoms with Crippen LogP contribution >= 0.6 is 0 Å². The molecule has 126 valence electrons. The molecule has 0 saturated carbocycles. The molecule has 0 aliphatic rings. The van der Waals surface area contributed by atoms with E-state index < -0.39 is 0 Å². The number of benzene rings is 3. The van der Waals surface area contributed by atoms with Gasteiger partial charge in [0.15, 0.2) is 0 Å². The number of aromatic nitrogens is 1. The Morgan fingerprint density at radius 3 is 1.54 bits per heavy atom. The summed E-state index contributed by atoms with van der Waals surface area (Å²) < 4.78 is 0. The maximum atomic E-state index is 4.69. The molecule has 1 aromatic heterocycles. The summed E-state index contributed by atoms with van der Waals surface area (Å²) in [6, 6.07) is 37.6. The van der Waals surface area contributed by atoms with Gasteiger partial charge < -0.3 is 4.90 Å². The van der Waals surface area contributed by atoms with Crippen molar-refractivity contribution in [1.29, 1.82) is 0 Å². The average molecular weight is 336 g/mol. The van der Waals surface area contributed by atoms with Gasteiger partial charge in [-0.3, -0.25) is 4.98 Å². The number of anilines is 2. The van der Waals surface area contributed by atoms with Gasteiger partial charge in [0.25, 0.3) is 0 Å². The Balaban J connectivity index is 1.93. The van der Waals surface area contributed by atoms with E-state index in [4.69, 9.17) is 0 Å². The van der Waals surface area contributed by atoms with Crippen molar-refractivity contribution in [3.8, 4) is 0 Å². The number of nitrogens with zero attached hydrogens (tertiary/aromatic N) is 2. The summed E-state index contributed by atoms with van der Waals surface area (Å²) in [7, 11) is 0. The molecule has 0 saturated heterocycles. The van der Waals surface area contributed by atoms with Gasteiger partial charge in [0.2, 0.25) is 0 Å². The third-order valence-electron chi connectivity index (χ3n) is 4.41. The predicted molar refractivity (Wildman–Crippen MR) is 108 cm³/mol. The van der Waals surface area contributed by atoms with Crippen LogP contribution in [0.5, 0.6) is 0 Å². The zero-order chi connectivity index (χ0) is 17.6. The fourth-order valence-corrected chi connectivity index (χ4v) is 3.25. The zero-order valence-electron chi connectivity index (χ0n) is 14.4. The van der Waals surface area contributed by atoms with E-state index >= 15 is 0 Å². The Bertz CT molecular complexity index is 763. The molecule has 0 radical (unpaired) electrons. The molecule has 3 aromatic carbocycles. The highest BCUT2D eigenvalue weighted by Crippen LogP contribution is 2.38. The molecular weight excluding hydrogens is 316 g/mol. The topological polar surface area (TPSA) is 16.1 Å². The van der Waals surface area contributed by atoms with Crippen molar-refractivity contribution in [2.45, 2.75) is 6.04 Å². The van der Waals surface area contributed by atoms with E-state index in [0.717, 1.165) is 17.1 Å². The summed E-state index contributed by atoms with van der Waals surface area (Å²) in [6.45, 7) is 0. The Labute approximate surface area is 154 Å². The van der Waals surface area contributed by atoms with Crippen molar-refractivity contribution >= 4 is 11.4 Å². The normalized spacial score (nSPS) is 11.7.